The maximum atomic E-state index is 5.97. The molecule has 8 heteroatoms. The monoisotopic (exact) mass is 372 g/mol. The lowest BCUT2D eigenvalue weighted by atomic mass is 10.2. The van der Waals surface area contributed by atoms with Crippen molar-refractivity contribution in [3.63, 3.8) is 0 Å². The van der Waals surface area contributed by atoms with E-state index < -0.39 is 0 Å². The molecule has 0 fully saturated rings. The molecule has 0 amide bonds. The number of nitrogens with one attached hydrogen (secondary N) is 1. The van der Waals surface area contributed by atoms with Gasteiger partial charge < -0.3 is 14.9 Å². The van der Waals surface area contributed by atoms with Gasteiger partial charge in [-0.25, -0.2) is 4.68 Å². The van der Waals surface area contributed by atoms with Crippen LogP contribution in [-0.2, 0) is 0 Å². The van der Waals surface area contributed by atoms with Gasteiger partial charge in [-0.1, -0.05) is 35.5 Å². The van der Waals surface area contributed by atoms with Crippen molar-refractivity contribution in [2.24, 2.45) is 0 Å². The van der Waals surface area contributed by atoms with Crippen LogP contribution < -0.4 is 14.9 Å². The van der Waals surface area contributed by atoms with E-state index in [1.54, 1.807) is 11.8 Å². The van der Waals surface area contributed by atoms with Crippen LogP contribution in [0.5, 0.6) is 11.5 Å². The molecule has 2 aliphatic heterocycles. The van der Waals surface area contributed by atoms with Gasteiger partial charge in [-0.15, -0.1) is 10.2 Å². The highest BCUT2D eigenvalue weighted by Gasteiger charge is 2.28. The van der Waals surface area contributed by atoms with E-state index in [9.17, 15) is 0 Å². The summed E-state index contributed by atoms with van der Waals surface area (Å²) in [6.45, 7) is 1.13. The van der Waals surface area contributed by atoms with Crippen molar-refractivity contribution < 1.29 is 9.47 Å². The maximum absolute atomic E-state index is 5.97. The molecule has 0 bridgehead atoms. The SMILES string of the molecule is Clc1ccc(C2Nn3c(nnc3-c3ccc4c(c3)OCCO4)S2)cc1. The molecule has 3 aromatic rings. The fourth-order valence-electron chi connectivity index (χ4n) is 2.86. The van der Waals surface area contributed by atoms with E-state index in [1.165, 1.54) is 0 Å². The Hall–Kier alpha value is -2.38. The number of halogens is 1. The number of fused-ring (bicyclic) bond motifs is 2. The predicted molar refractivity (Wildman–Crippen MR) is 95.9 cm³/mol. The topological polar surface area (TPSA) is 61.2 Å². The van der Waals surface area contributed by atoms with Crippen LogP contribution in [0.2, 0.25) is 5.02 Å². The number of hydrogen-bond acceptors (Lipinski definition) is 6. The number of thioether (sulfide) groups is 1. The first-order chi connectivity index (χ1) is 12.3. The van der Waals surface area contributed by atoms with E-state index in [-0.39, 0.29) is 5.37 Å². The standard InChI is InChI=1S/C17H13ClN4O2S/c18-12-4-1-10(2-5-12)16-21-22-15(19-20-17(22)25-16)11-3-6-13-14(9-11)24-8-7-23-13/h1-6,9,16,21H,7-8H2. The smallest absolute Gasteiger partial charge is 0.212 e. The van der Waals surface area contributed by atoms with Gasteiger partial charge in [-0.05, 0) is 35.9 Å². The molecule has 5 rings (SSSR count). The quantitative estimate of drug-likeness (QED) is 0.739. The summed E-state index contributed by atoms with van der Waals surface area (Å²) in [6, 6.07) is 13.6. The van der Waals surface area contributed by atoms with E-state index >= 15 is 0 Å². The van der Waals surface area contributed by atoms with Gasteiger partial charge in [0.1, 0.15) is 18.6 Å². The van der Waals surface area contributed by atoms with Crippen molar-refractivity contribution in [3.05, 3.63) is 53.1 Å². The Morgan fingerprint density at radius 1 is 1.04 bits per heavy atom. The zero-order valence-corrected chi connectivity index (χ0v) is 14.5. The first-order valence-electron chi connectivity index (χ1n) is 7.82. The summed E-state index contributed by atoms with van der Waals surface area (Å²) in [5.74, 6) is 2.24. The minimum absolute atomic E-state index is 0.0683. The Bertz CT molecular complexity index is 944. The van der Waals surface area contributed by atoms with Gasteiger partial charge >= 0.3 is 0 Å². The van der Waals surface area contributed by atoms with E-state index in [4.69, 9.17) is 21.1 Å². The molecule has 6 nitrogen and oxygen atoms in total. The van der Waals surface area contributed by atoms with Crippen LogP contribution in [0.1, 0.15) is 10.9 Å². The van der Waals surface area contributed by atoms with Crippen molar-refractivity contribution in [1.29, 1.82) is 0 Å². The average molecular weight is 373 g/mol. The van der Waals surface area contributed by atoms with Crippen LogP contribution >= 0.6 is 23.4 Å². The Kier molecular flexibility index (Phi) is 3.50. The third kappa shape index (κ3) is 2.60. The average Bonchev–Trinajstić information content (AvgIpc) is 3.22. The van der Waals surface area contributed by atoms with Gasteiger partial charge in [0.15, 0.2) is 17.3 Å². The van der Waals surface area contributed by atoms with Gasteiger partial charge in [0.05, 0.1) is 0 Å². The second kappa shape index (κ2) is 5.86. The first-order valence-corrected chi connectivity index (χ1v) is 9.08. The Morgan fingerprint density at radius 2 is 1.84 bits per heavy atom. The molecule has 0 radical (unpaired) electrons. The number of rotatable bonds is 2. The highest BCUT2D eigenvalue weighted by molar-refractivity contribution is 7.99. The van der Waals surface area contributed by atoms with Gasteiger partial charge in [0.2, 0.25) is 5.16 Å². The highest BCUT2D eigenvalue weighted by Crippen LogP contribution is 2.41. The van der Waals surface area contributed by atoms with Crippen molar-refractivity contribution in [2.45, 2.75) is 10.5 Å². The van der Waals surface area contributed by atoms with Crippen LogP contribution in [0.15, 0.2) is 47.6 Å². The van der Waals surface area contributed by atoms with Gasteiger partial charge in [-0.2, -0.15) is 0 Å². The third-order valence-electron chi connectivity index (χ3n) is 4.08. The number of aromatic nitrogens is 3. The molecule has 1 N–H and O–H groups in total. The summed E-state index contributed by atoms with van der Waals surface area (Å²) >= 11 is 7.59. The molecular formula is C17H13ClN4O2S. The number of benzene rings is 2. The second-order valence-electron chi connectivity index (χ2n) is 5.68. The lowest BCUT2D eigenvalue weighted by Gasteiger charge is -2.19. The van der Waals surface area contributed by atoms with Crippen molar-refractivity contribution in [3.8, 4) is 22.9 Å². The summed E-state index contributed by atoms with van der Waals surface area (Å²) in [5.41, 5.74) is 5.49. The predicted octanol–water partition coefficient (Wildman–Crippen LogP) is 3.72. The van der Waals surface area contributed by atoms with Crippen LogP contribution in [0.25, 0.3) is 11.4 Å². The molecule has 1 atom stereocenters. The fourth-order valence-corrected chi connectivity index (χ4v) is 3.98. The highest BCUT2D eigenvalue weighted by atomic mass is 35.5. The molecule has 0 spiro atoms. The Labute approximate surface area is 153 Å². The Balaban J connectivity index is 1.46. The fraction of sp³-hybridized carbons (Fsp3) is 0.176. The lowest BCUT2D eigenvalue weighted by molar-refractivity contribution is 0.171. The molecule has 2 aromatic carbocycles. The van der Waals surface area contributed by atoms with Crippen molar-refractivity contribution >= 4 is 23.4 Å². The minimum Gasteiger partial charge on any atom is -0.486 e. The molecular weight excluding hydrogens is 360 g/mol. The van der Waals surface area contributed by atoms with Gasteiger partial charge in [0.25, 0.3) is 0 Å². The molecule has 126 valence electrons. The van der Waals surface area contributed by atoms with Crippen LogP contribution in [0.4, 0.5) is 0 Å². The first kappa shape index (κ1) is 14.9. The normalized spacial score (nSPS) is 17.9. The maximum Gasteiger partial charge on any atom is 0.212 e. The second-order valence-corrected chi connectivity index (χ2v) is 7.19. The number of hydrogen-bond donors (Lipinski definition) is 1. The van der Waals surface area contributed by atoms with Crippen molar-refractivity contribution in [2.75, 3.05) is 18.6 Å². The number of ether oxygens (including phenoxy) is 2. The molecule has 1 aromatic heterocycles. The minimum atomic E-state index is 0.0683. The lowest BCUT2D eigenvalue weighted by Crippen LogP contribution is -2.16. The molecule has 0 saturated heterocycles. The van der Waals surface area contributed by atoms with Crippen LogP contribution in [0.3, 0.4) is 0 Å². The van der Waals surface area contributed by atoms with Crippen LogP contribution in [-0.4, -0.2) is 28.1 Å². The van der Waals surface area contributed by atoms with Crippen molar-refractivity contribution in [1.82, 2.24) is 14.9 Å². The van der Waals surface area contributed by atoms with Crippen LogP contribution in [0, 0.1) is 0 Å². The van der Waals surface area contributed by atoms with Gasteiger partial charge in [-0.3, -0.25) is 0 Å². The summed E-state index contributed by atoms with van der Waals surface area (Å²) in [5, 5.41) is 10.2. The molecule has 3 heterocycles. The molecule has 0 saturated carbocycles. The molecule has 0 aliphatic carbocycles. The summed E-state index contributed by atoms with van der Waals surface area (Å²) in [6.07, 6.45) is 0. The molecule has 2 aliphatic rings. The molecule has 25 heavy (non-hydrogen) atoms. The Morgan fingerprint density at radius 3 is 2.68 bits per heavy atom. The summed E-state index contributed by atoms with van der Waals surface area (Å²) in [7, 11) is 0. The summed E-state index contributed by atoms with van der Waals surface area (Å²) in [4.78, 5) is 0. The number of nitrogens with zero attached hydrogens (tertiary/aromatic N) is 3. The largest absolute Gasteiger partial charge is 0.486 e. The third-order valence-corrected chi connectivity index (χ3v) is 5.42. The zero-order valence-electron chi connectivity index (χ0n) is 13.0. The summed E-state index contributed by atoms with van der Waals surface area (Å²) < 4.78 is 13.1. The van der Waals surface area contributed by atoms with E-state index in [0.717, 1.165) is 38.6 Å². The zero-order chi connectivity index (χ0) is 16.8. The molecule has 1 unspecified atom stereocenters. The van der Waals surface area contributed by atoms with Gasteiger partial charge in [0, 0.05) is 10.6 Å². The van der Waals surface area contributed by atoms with E-state index in [1.807, 2.05) is 47.1 Å². The van der Waals surface area contributed by atoms with E-state index in [2.05, 4.69) is 15.6 Å². The van der Waals surface area contributed by atoms with E-state index in [0.29, 0.717) is 13.2 Å².